The molecule has 1 aromatic rings. The Kier molecular flexibility index (Phi) is 5.58. The third kappa shape index (κ3) is 5.05. The number of hydrogen-bond donors (Lipinski definition) is 0. The van der Waals surface area contributed by atoms with Crippen LogP contribution in [-0.2, 0) is 23.0 Å². The summed E-state index contributed by atoms with van der Waals surface area (Å²) in [5.41, 5.74) is 0.758. The van der Waals surface area contributed by atoms with Gasteiger partial charge in [0.25, 0.3) is 0 Å². The number of aryl methyl sites for hydroxylation is 1. The van der Waals surface area contributed by atoms with Crippen molar-refractivity contribution in [3.63, 3.8) is 0 Å². The van der Waals surface area contributed by atoms with E-state index in [4.69, 9.17) is 4.74 Å². The van der Waals surface area contributed by atoms with Gasteiger partial charge in [-0.3, -0.25) is 4.79 Å². The van der Waals surface area contributed by atoms with Crippen LogP contribution in [0, 0.1) is 11.3 Å². The van der Waals surface area contributed by atoms with Gasteiger partial charge in [0, 0.05) is 18.9 Å². The van der Waals surface area contributed by atoms with Gasteiger partial charge in [-0.2, -0.15) is 0 Å². The van der Waals surface area contributed by atoms with Crippen molar-refractivity contribution in [2.75, 3.05) is 6.61 Å². The van der Waals surface area contributed by atoms with E-state index in [2.05, 4.69) is 11.9 Å². The molecule has 0 spiro atoms. The number of carbonyl (C=O) groups excluding carboxylic acids is 1. The van der Waals surface area contributed by atoms with Gasteiger partial charge < -0.3 is 9.30 Å². The zero-order valence-corrected chi connectivity index (χ0v) is 12.8. The monoisotopic (exact) mass is 266 g/mol. The fourth-order valence-electron chi connectivity index (χ4n) is 1.94. The molecule has 1 aromatic heterocycles. The van der Waals surface area contributed by atoms with Crippen LogP contribution in [0.4, 0.5) is 0 Å². The highest BCUT2D eigenvalue weighted by atomic mass is 16.5. The van der Waals surface area contributed by atoms with E-state index in [0.717, 1.165) is 19.3 Å². The standard InChI is InChI=1S/C15H26N2O2/c1-6-7-12(8-13-9-16-11-17(13)5)10-19-14(18)15(2,3)4/h9,11-12H,6-8,10H2,1-5H3. The molecule has 0 saturated heterocycles. The molecule has 0 bridgehead atoms. The fraction of sp³-hybridized carbons (Fsp3) is 0.733. The maximum absolute atomic E-state index is 11.8. The van der Waals surface area contributed by atoms with Gasteiger partial charge in [-0.15, -0.1) is 0 Å². The second-order valence-electron chi connectivity index (χ2n) is 6.20. The summed E-state index contributed by atoms with van der Waals surface area (Å²) in [6.07, 6.45) is 6.74. The molecule has 0 aliphatic heterocycles. The predicted octanol–water partition coefficient (Wildman–Crippen LogP) is 2.97. The number of nitrogens with zero attached hydrogens (tertiary/aromatic N) is 2. The van der Waals surface area contributed by atoms with Crippen molar-refractivity contribution in [3.05, 3.63) is 18.2 Å². The first kappa shape index (κ1) is 15.7. The highest BCUT2D eigenvalue weighted by Gasteiger charge is 2.24. The maximum Gasteiger partial charge on any atom is 0.311 e. The minimum atomic E-state index is -0.427. The quantitative estimate of drug-likeness (QED) is 0.744. The summed E-state index contributed by atoms with van der Waals surface area (Å²) in [4.78, 5) is 15.9. The molecule has 0 aliphatic rings. The Morgan fingerprint density at radius 2 is 2.16 bits per heavy atom. The Hall–Kier alpha value is -1.32. The predicted molar refractivity (Wildman–Crippen MR) is 75.7 cm³/mol. The zero-order valence-electron chi connectivity index (χ0n) is 12.8. The maximum atomic E-state index is 11.8. The first-order valence-electron chi connectivity index (χ1n) is 6.97. The number of ether oxygens (including phenoxy) is 1. The molecule has 108 valence electrons. The van der Waals surface area contributed by atoms with Crippen LogP contribution < -0.4 is 0 Å². The molecule has 0 N–H and O–H groups in total. The van der Waals surface area contributed by atoms with E-state index in [1.54, 1.807) is 6.33 Å². The Bertz CT molecular complexity index is 405. The van der Waals surface area contributed by atoms with Crippen molar-refractivity contribution < 1.29 is 9.53 Å². The second kappa shape index (κ2) is 6.73. The lowest BCUT2D eigenvalue weighted by Crippen LogP contribution is -2.26. The van der Waals surface area contributed by atoms with Crippen LogP contribution >= 0.6 is 0 Å². The first-order chi connectivity index (χ1) is 8.84. The molecule has 4 nitrogen and oxygen atoms in total. The molecular formula is C15H26N2O2. The van der Waals surface area contributed by atoms with E-state index >= 15 is 0 Å². The smallest absolute Gasteiger partial charge is 0.311 e. The summed E-state index contributed by atoms with van der Waals surface area (Å²) in [7, 11) is 1.99. The van der Waals surface area contributed by atoms with Gasteiger partial charge in [0.2, 0.25) is 0 Å². The number of esters is 1. The normalized spacial score (nSPS) is 13.3. The SMILES string of the molecule is CCCC(COC(=O)C(C)(C)C)Cc1cncn1C. The molecule has 19 heavy (non-hydrogen) atoms. The highest BCUT2D eigenvalue weighted by molar-refractivity contribution is 5.75. The van der Waals surface area contributed by atoms with Crippen molar-refractivity contribution in [3.8, 4) is 0 Å². The number of hydrogen-bond acceptors (Lipinski definition) is 3. The average molecular weight is 266 g/mol. The van der Waals surface area contributed by atoms with Crippen LogP contribution in [0.1, 0.15) is 46.2 Å². The van der Waals surface area contributed by atoms with E-state index in [0.29, 0.717) is 12.5 Å². The van der Waals surface area contributed by atoms with E-state index in [-0.39, 0.29) is 5.97 Å². The lowest BCUT2D eigenvalue weighted by atomic mass is 9.96. The summed E-state index contributed by atoms with van der Waals surface area (Å²) in [6.45, 7) is 8.29. The molecule has 4 heteroatoms. The van der Waals surface area contributed by atoms with Gasteiger partial charge in [-0.1, -0.05) is 13.3 Å². The van der Waals surface area contributed by atoms with Crippen LogP contribution in [0.25, 0.3) is 0 Å². The van der Waals surface area contributed by atoms with Gasteiger partial charge >= 0.3 is 5.97 Å². The van der Waals surface area contributed by atoms with Gasteiger partial charge in [-0.25, -0.2) is 4.98 Å². The minimum absolute atomic E-state index is 0.126. The summed E-state index contributed by atoms with van der Waals surface area (Å²) >= 11 is 0. The lowest BCUT2D eigenvalue weighted by molar-refractivity contribution is -0.154. The van der Waals surface area contributed by atoms with E-state index < -0.39 is 5.41 Å². The van der Waals surface area contributed by atoms with Crippen molar-refractivity contribution in [1.29, 1.82) is 0 Å². The molecule has 1 rings (SSSR count). The Balaban J connectivity index is 2.54. The molecular weight excluding hydrogens is 240 g/mol. The minimum Gasteiger partial charge on any atom is -0.465 e. The molecule has 1 heterocycles. The van der Waals surface area contributed by atoms with Crippen LogP contribution in [0.3, 0.4) is 0 Å². The number of rotatable bonds is 6. The summed E-state index contributed by atoms with van der Waals surface area (Å²) < 4.78 is 7.46. The Morgan fingerprint density at radius 1 is 1.47 bits per heavy atom. The molecule has 0 radical (unpaired) electrons. The van der Waals surface area contributed by atoms with E-state index in [1.165, 1.54) is 5.69 Å². The summed E-state index contributed by atoms with van der Waals surface area (Å²) in [6, 6.07) is 0. The van der Waals surface area contributed by atoms with Crippen LogP contribution in [0.5, 0.6) is 0 Å². The van der Waals surface area contributed by atoms with Crippen molar-refractivity contribution in [2.45, 2.75) is 47.0 Å². The topological polar surface area (TPSA) is 44.1 Å². The van der Waals surface area contributed by atoms with Gasteiger partial charge in [-0.05, 0) is 39.5 Å². The molecule has 1 unspecified atom stereocenters. The number of carbonyl (C=O) groups is 1. The van der Waals surface area contributed by atoms with Crippen LogP contribution in [-0.4, -0.2) is 22.1 Å². The average Bonchev–Trinajstić information content (AvgIpc) is 2.70. The van der Waals surface area contributed by atoms with Crippen molar-refractivity contribution in [1.82, 2.24) is 9.55 Å². The third-order valence-corrected chi connectivity index (χ3v) is 3.17. The van der Waals surface area contributed by atoms with E-state index in [1.807, 2.05) is 38.6 Å². The largest absolute Gasteiger partial charge is 0.465 e. The molecule has 0 aromatic carbocycles. The number of aromatic nitrogens is 2. The van der Waals surface area contributed by atoms with Crippen molar-refractivity contribution in [2.24, 2.45) is 18.4 Å². The molecule has 0 aliphatic carbocycles. The van der Waals surface area contributed by atoms with E-state index in [9.17, 15) is 4.79 Å². The van der Waals surface area contributed by atoms with Gasteiger partial charge in [0.1, 0.15) is 0 Å². The first-order valence-corrected chi connectivity index (χ1v) is 6.97. The molecule has 1 atom stereocenters. The zero-order chi connectivity index (χ0) is 14.5. The van der Waals surface area contributed by atoms with Crippen LogP contribution in [0.15, 0.2) is 12.5 Å². The molecule has 0 saturated carbocycles. The van der Waals surface area contributed by atoms with Gasteiger partial charge in [0.15, 0.2) is 0 Å². The Labute approximate surface area is 116 Å². The molecule has 0 amide bonds. The number of imidazole rings is 1. The van der Waals surface area contributed by atoms with Crippen molar-refractivity contribution >= 4 is 5.97 Å². The summed E-state index contributed by atoms with van der Waals surface area (Å²) in [5, 5.41) is 0. The Morgan fingerprint density at radius 3 is 2.63 bits per heavy atom. The van der Waals surface area contributed by atoms with Crippen LogP contribution in [0.2, 0.25) is 0 Å². The fourth-order valence-corrected chi connectivity index (χ4v) is 1.94. The highest BCUT2D eigenvalue weighted by Crippen LogP contribution is 2.19. The third-order valence-electron chi connectivity index (χ3n) is 3.17. The van der Waals surface area contributed by atoms with Gasteiger partial charge in [0.05, 0.1) is 18.3 Å². The lowest BCUT2D eigenvalue weighted by Gasteiger charge is -2.21. The summed E-state index contributed by atoms with van der Waals surface area (Å²) in [5.74, 6) is 0.241. The molecule has 0 fully saturated rings. The second-order valence-corrected chi connectivity index (χ2v) is 6.20.